The lowest BCUT2D eigenvalue weighted by Gasteiger charge is -2.48. The van der Waals surface area contributed by atoms with Crippen molar-refractivity contribution in [3.8, 4) is 0 Å². The molecule has 2 aromatic rings. The van der Waals surface area contributed by atoms with Crippen molar-refractivity contribution >= 4 is 23.4 Å². The third-order valence-corrected chi connectivity index (χ3v) is 10.7. The van der Waals surface area contributed by atoms with E-state index in [2.05, 4.69) is 25.6 Å². The van der Waals surface area contributed by atoms with Crippen LogP contribution in [0.2, 0.25) is 5.02 Å². The summed E-state index contributed by atoms with van der Waals surface area (Å²) in [6, 6.07) is 7.90. The molecule has 0 radical (unpaired) electrons. The molecular weight excluding hydrogens is 572 g/mol. The first kappa shape index (κ1) is 32.9. The van der Waals surface area contributed by atoms with Crippen LogP contribution in [0.3, 0.4) is 0 Å². The van der Waals surface area contributed by atoms with Crippen molar-refractivity contribution in [1.29, 1.82) is 0 Å². The number of nitrogens with zero attached hydrogens (tertiary/aromatic N) is 4. The Hall–Kier alpha value is -2.45. The largest absolute Gasteiger partial charge is 0.352 e. The summed E-state index contributed by atoms with van der Waals surface area (Å²) in [6.07, 6.45) is 17.2. The van der Waals surface area contributed by atoms with Gasteiger partial charge in [-0.25, -0.2) is 4.98 Å². The molecule has 2 saturated carbocycles. The molecule has 2 amide bonds. The minimum Gasteiger partial charge on any atom is -0.352 e. The number of piperidine rings is 1. The first-order valence-corrected chi connectivity index (χ1v) is 17.4. The van der Waals surface area contributed by atoms with Crippen LogP contribution in [-0.4, -0.2) is 62.2 Å². The minimum absolute atomic E-state index is 0.142. The van der Waals surface area contributed by atoms with Gasteiger partial charge in [0.1, 0.15) is 12.7 Å². The molecule has 2 N–H and O–H groups in total. The predicted molar refractivity (Wildman–Crippen MR) is 175 cm³/mol. The zero-order valence-electron chi connectivity index (χ0n) is 27.1. The molecule has 1 saturated heterocycles. The fraction of sp³-hybridized carbons (Fsp3) is 0.714. The lowest BCUT2D eigenvalue weighted by molar-refractivity contribution is -0.137. The highest BCUT2D eigenvalue weighted by atomic mass is 35.5. The molecule has 8 nitrogen and oxygen atoms in total. The van der Waals surface area contributed by atoms with E-state index in [9.17, 15) is 9.59 Å². The molecule has 5 rings (SSSR count). The summed E-state index contributed by atoms with van der Waals surface area (Å²) in [5.41, 5.74) is 1.08. The van der Waals surface area contributed by atoms with Crippen molar-refractivity contribution in [3.63, 3.8) is 0 Å². The van der Waals surface area contributed by atoms with E-state index in [-0.39, 0.29) is 34.9 Å². The van der Waals surface area contributed by atoms with Gasteiger partial charge in [0.05, 0.1) is 6.04 Å². The second-order valence-corrected chi connectivity index (χ2v) is 15.3. The van der Waals surface area contributed by atoms with Crippen LogP contribution >= 0.6 is 11.6 Å². The van der Waals surface area contributed by atoms with Crippen LogP contribution in [0.15, 0.2) is 36.9 Å². The molecule has 2 heterocycles. The van der Waals surface area contributed by atoms with Crippen LogP contribution in [0.4, 0.5) is 0 Å². The Bertz CT molecular complexity index is 1190. The van der Waals surface area contributed by atoms with Gasteiger partial charge in [0.15, 0.2) is 0 Å². The van der Waals surface area contributed by atoms with E-state index in [0.717, 1.165) is 63.7 Å². The lowest BCUT2D eigenvalue weighted by atomic mass is 9.63. The van der Waals surface area contributed by atoms with Crippen molar-refractivity contribution in [2.75, 3.05) is 13.1 Å². The highest BCUT2D eigenvalue weighted by Crippen LogP contribution is 2.47. The topological polar surface area (TPSA) is 92.2 Å². The normalized spacial score (nSPS) is 23.7. The zero-order chi connectivity index (χ0) is 31.2. The number of carbonyl (C=O) groups excluding carboxylic acids is 2. The van der Waals surface area contributed by atoms with E-state index in [4.69, 9.17) is 11.6 Å². The van der Waals surface area contributed by atoms with E-state index in [0.29, 0.717) is 29.7 Å². The molecule has 2 aliphatic carbocycles. The Kier molecular flexibility index (Phi) is 11.0. The number of likely N-dealkylation sites (tertiary alicyclic amines) is 1. The number of carbonyl (C=O) groups is 2. The summed E-state index contributed by atoms with van der Waals surface area (Å²) in [5.74, 6) is 1.44. The number of benzene rings is 1. The molecule has 0 bridgehead atoms. The van der Waals surface area contributed by atoms with E-state index in [1.807, 2.05) is 56.0 Å². The molecule has 3 fully saturated rings. The average molecular weight is 625 g/mol. The zero-order valence-corrected chi connectivity index (χ0v) is 27.8. The van der Waals surface area contributed by atoms with Gasteiger partial charge in [0.25, 0.3) is 0 Å². The quantitative estimate of drug-likeness (QED) is 0.329. The molecule has 44 heavy (non-hydrogen) atoms. The number of aromatic nitrogens is 3. The Labute approximate surface area is 269 Å². The number of halogens is 1. The summed E-state index contributed by atoms with van der Waals surface area (Å²) >= 11 is 6.19. The fourth-order valence-corrected chi connectivity index (χ4v) is 8.19. The first-order chi connectivity index (χ1) is 21.1. The summed E-state index contributed by atoms with van der Waals surface area (Å²) < 4.78 is 2.01. The van der Waals surface area contributed by atoms with Crippen molar-refractivity contribution in [2.45, 2.75) is 128 Å². The number of nitrogens with one attached hydrogen (secondary N) is 2. The first-order valence-electron chi connectivity index (χ1n) is 17.0. The van der Waals surface area contributed by atoms with Gasteiger partial charge in [-0.1, -0.05) is 43.0 Å². The number of hydrogen-bond acceptors (Lipinski definition) is 5. The maximum Gasteiger partial charge on any atom is 0.240 e. The van der Waals surface area contributed by atoms with Gasteiger partial charge in [0.2, 0.25) is 11.8 Å². The Morgan fingerprint density at radius 2 is 1.68 bits per heavy atom. The highest BCUT2D eigenvalue weighted by Gasteiger charge is 2.44. The number of amides is 2. The van der Waals surface area contributed by atoms with Gasteiger partial charge in [-0.2, -0.15) is 5.10 Å². The fourth-order valence-electron chi connectivity index (χ4n) is 8.06. The molecule has 242 valence electrons. The van der Waals surface area contributed by atoms with Crippen LogP contribution in [0.5, 0.6) is 0 Å². The monoisotopic (exact) mass is 624 g/mol. The molecular formula is C35H53ClN6O2. The standard InChI is InChI=1S/C35H53ClN6O2/c1-34(2,3)40-32(43)22-27-11-15-30(16-12-27)39-31(21-26-9-13-29(36)14-10-26)33(44)41-19-17-35(18-20-41,23-42-25-37-24-38-42)28-7-5-4-6-8-28/h9-10,13-14,24-25,27-28,30-31,39H,4-8,11-12,15-23H2,1-3H3,(H,40,43)/t27?,30?,31-/m1/s1. The second-order valence-electron chi connectivity index (χ2n) is 14.9. The molecule has 1 aliphatic heterocycles. The number of rotatable bonds is 10. The SMILES string of the molecule is CC(C)(C)NC(=O)CC1CCC(N[C@H](Cc2ccc(Cl)cc2)C(=O)N2CCC(Cn3cncn3)(C3CCCCC3)CC2)CC1. The minimum atomic E-state index is -0.278. The molecule has 0 spiro atoms. The third kappa shape index (κ3) is 9.06. The van der Waals surface area contributed by atoms with Crippen molar-refractivity contribution < 1.29 is 9.59 Å². The molecule has 9 heteroatoms. The Morgan fingerprint density at radius 3 is 2.30 bits per heavy atom. The smallest absolute Gasteiger partial charge is 0.240 e. The van der Waals surface area contributed by atoms with Gasteiger partial charge >= 0.3 is 0 Å². The van der Waals surface area contributed by atoms with Gasteiger partial charge in [0, 0.05) is 42.7 Å². The summed E-state index contributed by atoms with van der Waals surface area (Å²) in [6.45, 7) is 8.55. The van der Waals surface area contributed by atoms with Crippen molar-refractivity contribution in [1.82, 2.24) is 30.3 Å². The Morgan fingerprint density at radius 1 is 1.00 bits per heavy atom. The molecule has 1 atom stereocenters. The van der Waals surface area contributed by atoms with E-state index in [1.165, 1.54) is 32.1 Å². The Balaban J connectivity index is 1.22. The van der Waals surface area contributed by atoms with Crippen molar-refractivity contribution in [2.24, 2.45) is 17.3 Å². The van der Waals surface area contributed by atoms with Crippen LogP contribution < -0.4 is 10.6 Å². The third-order valence-electron chi connectivity index (χ3n) is 10.4. The van der Waals surface area contributed by atoms with Crippen LogP contribution in [0.25, 0.3) is 0 Å². The van der Waals surface area contributed by atoms with Gasteiger partial charge < -0.3 is 15.5 Å². The van der Waals surface area contributed by atoms with E-state index >= 15 is 0 Å². The summed E-state index contributed by atoms with van der Waals surface area (Å²) in [4.78, 5) is 33.1. The molecule has 0 unspecified atom stereocenters. The maximum atomic E-state index is 14.2. The summed E-state index contributed by atoms with van der Waals surface area (Å²) in [7, 11) is 0. The number of hydrogen-bond donors (Lipinski definition) is 2. The van der Waals surface area contributed by atoms with Crippen LogP contribution in [0.1, 0.15) is 103 Å². The molecule has 1 aromatic carbocycles. The molecule has 1 aromatic heterocycles. The van der Waals surface area contributed by atoms with Crippen LogP contribution in [-0.2, 0) is 22.6 Å². The molecule has 3 aliphatic rings. The average Bonchev–Trinajstić information content (AvgIpc) is 3.51. The van der Waals surface area contributed by atoms with Gasteiger partial charge in [-0.05, 0) is 114 Å². The summed E-state index contributed by atoms with van der Waals surface area (Å²) in [5, 5.41) is 12.1. The highest BCUT2D eigenvalue weighted by molar-refractivity contribution is 6.30. The van der Waals surface area contributed by atoms with Crippen LogP contribution in [0, 0.1) is 17.3 Å². The van der Waals surface area contributed by atoms with Crippen molar-refractivity contribution in [3.05, 3.63) is 47.5 Å². The van der Waals surface area contributed by atoms with Gasteiger partial charge in [-0.3, -0.25) is 14.3 Å². The van der Waals surface area contributed by atoms with Gasteiger partial charge in [-0.15, -0.1) is 0 Å². The maximum absolute atomic E-state index is 14.2. The predicted octanol–water partition coefficient (Wildman–Crippen LogP) is 6.19. The second kappa shape index (κ2) is 14.8. The lowest BCUT2D eigenvalue weighted by Crippen LogP contribution is -2.55. The van der Waals surface area contributed by atoms with E-state index < -0.39 is 0 Å². The van der Waals surface area contributed by atoms with E-state index in [1.54, 1.807) is 6.33 Å².